The third kappa shape index (κ3) is 1.81. The van der Waals surface area contributed by atoms with Gasteiger partial charge in [0.2, 0.25) is 5.89 Å². The molecule has 2 heterocycles. The lowest BCUT2D eigenvalue weighted by atomic mass is 10.1. The largest absolute Gasteiger partial charge is 0.409 e. The van der Waals surface area contributed by atoms with Crippen molar-refractivity contribution in [1.82, 2.24) is 15.2 Å². The van der Waals surface area contributed by atoms with Gasteiger partial charge in [0.25, 0.3) is 4.84 Å². The summed E-state index contributed by atoms with van der Waals surface area (Å²) in [4.78, 5) is 4.68. The van der Waals surface area contributed by atoms with Crippen molar-refractivity contribution in [3.05, 3.63) is 39.8 Å². The maximum Gasteiger partial charge on any atom is 0.284 e. The minimum Gasteiger partial charge on any atom is -0.409 e. The van der Waals surface area contributed by atoms with Gasteiger partial charge in [0.1, 0.15) is 0 Å². The van der Waals surface area contributed by atoms with E-state index in [1.807, 2.05) is 25.1 Å². The fraction of sp³-hybridized carbons (Fsp3) is 0.0833. The van der Waals surface area contributed by atoms with Crippen molar-refractivity contribution in [3.8, 4) is 11.5 Å². The first-order chi connectivity index (χ1) is 8.65. The zero-order valence-corrected chi connectivity index (χ0v) is 11.0. The summed E-state index contributed by atoms with van der Waals surface area (Å²) in [6, 6.07) is 7.50. The highest BCUT2D eigenvalue weighted by atomic mass is 35.5. The lowest BCUT2D eigenvalue weighted by molar-refractivity contribution is 0.552. The van der Waals surface area contributed by atoms with E-state index in [0.29, 0.717) is 10.9 Å². The van der Waals surface area contributed by atoms with Gasteiger partial charge in [-0.25, -0.2) is 5.10 Å². The Bertz CT molecular complexity index is 793. The molecule has 1 aromatic carbocycles. The summed E-state index contributed by atoms with van der Waals surface area (Å²) in [7, 11) is 0. The number of aromatic nitrogens is 3. The molecule has 18 heavy (non-hydrogen) atoms. The van der Waals surface area contributed by atoms with Crippen LogP contribution in [0, 0.1) is 11.8 Å². The molecule has 0 fully saturated rings. The van der Waals surface area contributed by atoms with Crippen LogP contribution in [0.3, 0.4) is 0 Å². The Morgan fingerprint density at radius 3 is 2.94 bits per heavy atom. The fourth-order valence-corrected chi connectivity index (χ4v) is 2.20. The molecule has 0 saturated carbocycles. The van der Waals surface area contributed by atoms with Gasteiger partial charge in [-0.2, -0.15) is 0 Å². The van der Waals surface area contributed by atoms with Crippen LogP contribution in [0.1, 0.15) is 5.69 Å². The number of hydrogen-bond acceptors (Lipinski definition) is 4. The summed E-state index contributed by atoms with van der Waals surface area (Å²) in [5, 5.41) is 8.14. The molecular weight excluding hydrogens is 270 g/mol. The van der Waals surface area contributed by atoms with Gasteiger partial charge in [-0.05, 0) is 31.3 Å². The average molecular weight is 278 g/mol. The number of fused-ring (bicyclic) bond motifs is 1. The number of H-pyrrole nitrogens is 1. The molecule has 3 rings (SSSR count). The molecule has 0 amide bonds. The first-order valence-corrected chi connectivity index (χ1v) is 6.05. The summed E-state index contributed by atoms with van der Waals surface area (Å²) >= 11 is 11.0. The van der Waals surface area contributed by atoms with E-state index in [-0.39, 0.29) is 4.84 Å². The van der Waals surface area contributed by atoms with E-state index < -0.39 is 0 Å². The first-order valence-electron chi connectivity index (χ1n) is 5.27. The number of nitrogens with one attached hydrogen (secondary N) is 1. The molecule has 0 saturated heterocycles. The number of para-hydroxylation sites is 1. The molecule has 1 N–H and O–H groups in total. The number of pyridine rings is 1. The summed E-state index contributed by atoms with van der Waals surface area (Å²) in [6.45, 7) is 1.90. The van der Waals surface area contributed by atoms with Gasteiger partial charge in [0.15, 0.2) is 0 Å². The normalized spacial score (nSPS) is 11.0. The fourth-order valence-electron chi connectivity index (χ4n) is 1.86. The zero-order chi connectivity index (χ0) is 12.7. The monoisotopic (exact) mass is 277 g/mol. The van der Waals surface area contributed by atoms with Crippen LogP contribution in [-0.2, 0) is 0 Å². The number of aryl methyl sites for hydroxylation is 1. The maximum absolute atomic E-state index is 6.15. The van der Waals surface area contributed by atoms with E-state index >= 15 is 0 Å². The highest BCUT2D eigenvalue weighted by Gasteiger charge is 2.12. The Labute approximate surface area is 113 Å². The van der Waals surface area contributed by atoms with Crippen LogP contribution in [0.4, 0.5) is 0 Å². The van der Waals surface area contributed by atoms with Crippen LogP contribution in [0.25, 0.3) is 22.4 Å². The Kier molecular flexibility index (Phi) is 2.65. The van der Waals surface area contributed by atoms with Crippen LogP contribution in [-0.4, -0.2) is 15.2 Å². The highest BCUT2D eigenvalue weighted by Crippen LogP contribution is 2.30. The SMILES string of the molecule is Cc1cc(-c2n[nH]c(=S)o2)c2cccc(Cl)c2n1. The number of halogens is 1. The molecule has 3 aromatic rings. The summed E-state index contributed by atoms with van der Waals surface area (Å²) in [5.41, 5.74) is 2.40. The van der Waals surface area contributed by atoms with Crippen molar-refractivity contribution < 1.29 is 4.42 Å². The Balaban J connectivity index is 2.42. The van der Waals surface area contributed by atoms with Crippen molar-refractivity contribution in [1.29, 1.82) is 0 Å². The lowest BCUT2D eigenvalue weighted by Crippen LogP contribution is -1.89. The molecule has 0 radical (unpaired) electrons. The van der Waals surface area contributed by atoms with E-state index in [0.717, 1.165) is 22.2 Å². The zero-order valence-electron chi connectivity index (χ0n) is 9.40. The van der Waals surface area contributed by atoms with Crippen molar-refractivity contribution >= 4 is 34.7 Å². The minimum absolute atomic E-state index is 0.245. The molecule has 6 heteroatoms. The predicted molar refractivity (Wildman–Crippen MR) is 72.2 cm³/mol. The third-order valence-corrected chi connectivity index (χ3v) is 3.07. The molecule has 0 bridgehead atoms. The number of benzene rings is 1. The van der Waals surface area contributed by atoms with Crippen molar-refractivity contribution in [2.24, 2.45) is 0 Å². The Morgan fingerprint density at radius 2 is 2.22 bits per heavy atom. The number of aromatic amines is 1. The number of rotatable bonds is 1. The maximum atomic E-state index is 6.15. The molecular formula is C12H8ClN3OS. The van der Waals surface area contributed by atoms with Crippen LogP contribution in [0.15, 0.2) is 28.7 Å². The van der Waals surface area contributed by atoms with Crippen molar-refractivity contribution in [2.45, 2.75) is 6.92 Å². The van der Waals surface area contributed by atoms with Gasteiger partial charge in [0.05, 0.1) is 16.1 Å². The second-order valence-electron chi connectivity index (χ2n) is 3.87. The topological polar surface area (TPSA) is 54.7 Å². The van der Waals surface area contributed by atoms with Crippen molar-refractivity contribution in [3.63, 3.8) is 0 Å². The van der Waals surface area contributed by atoms with Gasteiger partial charge in [-0.1, -0.05) is 23.7 Å². The summed E-state index contributed by atoms with van der Waals surface area (Å²) in [5.74, 6) is 0.442. The third-order valence-electron chi connectivity index (χ3n) is 2.59. The van der Waals surface area contributed by atoms with E-state index in [9.17, 15) is 0 Å². The molecule has 90 valence electrons. The number of nitrogens with zero attached hydrogens (tertiary/aromatic N) is 2. The van der Waals surface area contributed by atoms with Gasteiger partial charge >= 0.3 is 0 Å². The molecule has 0 spiro atoms. The van der Waals surface area contributed by atoms with Crippen LogP contribution >= 0.6 is 23.8 Å². The molecule has 0 aliphatic rings. The van der Waals surface area contributed by atoms with E-state index in [2.05, 4.69) is 15.2 Å². The summed E-state index contributed by atoms with van der Waals surface area (Å²) in [6.07, 6.45) is 0. The van der Waals surface area contributed by atoms with E-state index in [4.69, 9.17) is 28.2 Å². The molecule has 2 aromatic heterocycles. The first kappa shape index (κ1) is 11.4. The molecule has 4 nitrogen and oxygen atoms in total. The Morgan fingerprint density at radius 1 is 1.39 bits per heavy atom. The minimum atomic E-state index is 0.245. The molecule has 0 unspecified atom stereocenters. The van der Waals surface area contributed by atoms with Gasteiger partial charge in [-0.15, -0.1) is 5.10 Å². The van der Waals surface area contributed by atoms with E-state index in [1.165, 1.54) is 0 Å². The van der Waals surface area contributed by atoms with Gasteiger partial charge < -0.3 is 4.42 Å². The second-order valence-corrected chi connectivity index (χ2v) is 4.64. The molecule has 0 aliphatic carbocycles. The Hall–Kier alpha value is -1.72. The second kappa shape index (κ2) is 4.19. The van der Waals surface area contributed by atoms with Crippen LogP contribution in [0.2, 0.25) is 5.02 Å². The van der Waals surface area contributed by atoms with Crippen LogP contribution < -0.4 is 0 Å². The predicted octanol–water partition coefficient (Wildman–Crippen LogP) is 3.91. The summed E-state index contributed by atoms with van der Waals surface area (Å²) < 4.78 is 5.35. The molecule has 0 atom stereocenters. The quantitative estimate of drug-likeness (QED) is 0.685. The average Bonchev–Trinajstić information content (AvgIpc) is 2.76. The number of hydrogen-bond donors (Lipinski definition) is 1. The van der Waals surface area contributed by atoms with Gasteiger partial charge in [-0.3, -0.25) is 4.98 Å². The van der Waals surface area contributed by atoms with Crippen molar-refractivity contribution in [2.75, 3.05) is 0 Å². The van der Waals surface area contributed by atoms with Gasteiger partial charge in [0, 0.05) is 11.1 Å². The van der Waals surface area contributed by atoms with Crippen LogP contribution in [0.5, 0.6) is 0 Å². The lowest BCUT2D eigenvalue weighted by Gasteiger charge is -2.05. The highest BCUT2D eigenvalue weighted by molar-refractivity contribution is 7.71. The standard InChI is InChI=1S/C12H8ClN3OS/c1-6-5-8(11-15-16-12(18)17-11)7-3-2-4-9(13)10(7)14-6/h2-5H,1H3,(H,16,18). The van der Waals surface area contributed by atoms with E-state index in [1.54, 1.807) is 6.07 Å². The molecule has 0 aliphatic heterocycles. The smallest absolute Gasteiger partial charge is 0.284 e.